The number of hydrogen-bond acceptors (Lipinski definition) is 15. The molecule has 0 aliphatic carbocycles. The number of rotatable bonds is 18. The molecule has 2 amide bonds. The SMILES string of the molecule is CC(C)(N=[N+](CC(C)(N=NC(C)(C)C1=NCCN1)C1=NCCN1)C(C)(C)C(=O)NC(CO)(CO)CO)C(=O)NC(CO)(CO)CO. The molecule has 2 heterocycles. The highest BCUT2D eigenvalue weighted by molar-refractivity contribution is 5.93. The van der Waals surface area contributed by atoms with Crippen LogP contribution in [0.4, 0.5) is 0 Å². The number of carbonyl (C=O) groups is 2. The molecular weight excluding hydrogens is 604 g/mol. The Hall–Kier alpha value is -3.16. The van der Waals surface area contributed by atoms with Gasteiger partial charge in [0.05, 0.1) is 52.7 Å². The van der Waals surface area contributed by atoms with Gasteiger partial charge < -0.3 is 51.9 Å². The zero-order valence-electron chi connectivity index (χ0n) is 28.0. The first kappa shape index (κ1) is 39.0. The van der Waals surface area contributed by atoms with Crippen LogP contribution in [0.2, 0.25) is 0 Å². The van der Waals surface area contributed by atoms with Crippen LogP contribution >= 0.6 is 0 Å². The molecule has 1 unspecified atom stereocenters. The largest absolute Gasteiger partial charge is 0.394 e. The Morgan fingerprint density at radius 1 is 0.717 bits per heavy atom. The van der Waals surface area contributed by atoms with Crippen LogP contribution in [-0.4, -0.2) is 164 Å². The van der Waals surface area contributed by atoms with Crippen molar-refractivity contribution in [1.29, 1.82) is 0 Å². The van der Waals surface area contributed by atoms with E-state index in [2.05, 4.69) is 41.5 Å². The van der Waals surface area contributed by atoms with Gasteiger partial charge in [0.15, 0.2) is 11.1 Å². The van der Waals surface area contributed by atoms with E-state index in [1.807, 2.05) is 13.8 Å². The predicted molar refractivity (Wildman–Crippen MR) is 168 cm³/mol. The lowest BCUT2D eigenvalue weighted by atomic mass is 9.94. The van der Waals surface area contributed by atoms with Gasteiger partial charge in [-0.15, -0.1) is 4.70 Å². The van der Waals surface area contributed by atoms with Gasteiger partial charge in [-0.3, -0.25) is 19.6 Å². The van der Waals surface area contributed by atoms with E-state index >= 15 is 0 Å². The molecule has 262 valence electrons. The molecule has 2 aliphatic rings. The summed E-state index contributed by atoms with van der Waals surface area (Å²) in [6.07, 6.45) is 0. The van der Waals surface area contributed by atoms with Gasteiger partial charge in [0, 0.05) is 26.9 Å². The molecule has 18 nitrogen and oxygen atoms in total. The Labute approximate surface area is 269 Å². The maximum Gasteiger partial charge on any atom is 0.294 e. The third-order valence-electron chi connectivity index (χ3n) is 8.12. The Balaban J connectivity index is 2.71. The summed E-state index contributed by atoms with van der Waals surface area (Å²) in [5, 5.41) is 84.4. The molecule has 0 bridgehead atoms. The van der Waals surface area contributed by atoms with Gasteiger partial charge in [0.2, 0.25) is 6.54 Å². The van der Waals surface area contributed by atoms with Gasteiger partial charge in [-0.25, -0.2) is 0 Å². The van der Waals surface area contributed by atoms with Crippen LogP contribution in [0, 0.1) is 0 Å². The maximum absolute atomic E-state index is 13.9. The number of aliphatic hydroxyl groups is 6. The number of nitrogens with zero attached hydrogens (tertiary/aromatic N) is 6. The zero-order chi connectivity index (χ0) is 35.0. The van der Waals surface area contributed by atoms with Crippen LogP contribution in [-0.2, 0) is 9.59 Å². The number of hydrogen-bond donors (Lipinski definition) is 10. The first-order valence-corrected chi connectivity index (χ1v) is 15.2. The van der Waals surface area contributed by atoms with Crippen LogP contribution in [0.1, 0.15) is 48.5 Å². The number of carbonyl (C=O) groups excluding carboxylic acids is 2. The Bertz CT molecular complexity index is 1190. The molecular formula is C28H53N10O8+. The van der Waals surface area contributed by atoms with E-state index in [0.717, 1.165) is 0 Å². The molecule has 0 fully saturated rings. The number of amidine groups is 2. The normalized spacial score (nSPS) is 18.1. The van der Waals surface area contributed by atoms with E-state index in [1.54, 1.807) is 6.92 Å². The van der Waals surface area contributed by atoms with Gasteiger partial charge in [-0.1, -0.05) is 0 Å². The molecule has 2 rings (SSSR count). The molecule has 0 radical (unpaired) electrons. The molecule has 10 N–H and O–H groups in total. The molecule has 0 spiro atoms. The van der Waals surface area contributed by atoms with E-state index in [0.29, 0.717) is 37.9 Å². The molecule has 0 aromatic carbocycles. The summed E-state index contributed by atoms with van der Waals surface area (Å²) in [7, 11) is 0. The molecule has 46 heavy (non-hydrogen) atoms. The van der Waals surface area contributed by atoms with Gasteiger partial charge in [-0.05, 0) is 39.7 Å². The maximum atomic E-state index is 13.9. The fraction of sp³-hybridized carbons (Fsp3) is 0.857. The predicted octanol–water partition coefficient (Wildman–Crippen LogP) is -3.33. The average molecular weight is 658 g/mol. The number of aliphatic imine (C=N–C) groups is 2. The number of nitrogens with one attached hydrogen (secondary N) is 4. The van der Waals surface area contributed by atoms with Crippen molar-refractivity contribution in [3.63, 3.8) is 0 Å². The molecule has 1 atom stereocenters. The number of azo groups is 3. The van der Waals surface area contributed by atoms with Crippen LogP contribution in [0.5, 0.6) is 0 Å². The molecule has 18 heteroatoms. The van der Waals surface area contributed by atoms with Crippen molar-refractivity contribution in [2.45, 2.75) is 81.7 Å². The van der Waals surface area contributed by atoms with Crippen LogP contribution in [0.3, 0.4) is 0 Å². The van der Waals surface area contributed by atoms with Crippen molar-refractivity contribution in [2.24, 2.45) is 25.3 Å². The summed E-state index contributed by atoms with van der Waals surface area (Å²) in [4.78, 5) is 36.4. The zero-order valence-corrected chi connectivity index (χ0v) is 28.0. The van der Waals surface area contributed by atoms with Crippen LogP contribution < -0.4 is 21.3 Å². The highest BCUT2D eigenvalue weighted by Crippen LogP contribution is 2.26. The van der Waals surface area contributed by atoms with Crippen molar-refractivity contribution in [3.8, 4) is 0 Å². The Morgan fingerprint density at radius 2 is 1.15 bits per heavy atom. The minimum absolute atomic E-state index is 0.176. The summed E-state index contributed by atoms with van der Waals surface area (Å²) in [5.74, 6) is -0.423. The van der Waals surface area contributed by atoms with Crippen molar-refractivity contribution in [1.82, 2.24) is 21.3 Å². The van der Waals surface area contributed by atoms with Gasteiger partial charge in [0.25, 0.3) is 17.4 Å². The molecule has 0 aromatic rings. The second-order valence-electron chi connectivity index (χ2n) is 13.5. The fourth-order valence-electron chi connectivity index (χ4n) is 4.44. The second-order valence-corrected chi connectivity index (χ2v) is 13.5. The Kier molecular flexibility index (Phi) is 12.9. The lowest BCUT2D eigenvalue weighted by Gasteiger charge is -2.34. The van der Waals surface area contributed by atoms with Crippen LogP contribution in [0.15, 0.2) is 25.3 Å². The number of aliphatic hydroxyl groups excluding tert-OH is 6. The minimum atomic E-state index is -1.75. The lowest BCUT2D eigenvalue weighted by molar-refractivity contribution is -0.653. The van der Waals surface area contributed by atoms with E-state index in [4.69, 9.17) is 5.11 Å². The van der Waals surface area contributed by atoms with Crippen molar-refractivity contribution in [2.75, 3.05) is 72.4 Å². The van der Waals surface area contributed by atoms with Gasteiger partial charge in [0.1, 0.15) is 28.3 Å². The first-order chi connectivity index (χ1) is 21.3. The quantitative estimate of drug-likeness (QED) is 0.0517. The fourth-order valence-corrected chi connectivity index (χ4v) is 4.44. The topological polar surface area (TPSA) is 268 Å². The third kappa shape index (κ3) is 8.80. The number of amides is 2. The second kappa shape index (κ2) is 15.2. The summed E-state index contributed by atoms with van der Waals surface area (Å²) in [5.41, 5.74) is -8.90. The van der Waals surface area contributed by atoms with Gasteiger partial charge >= 0.3 is 0 Å². The van der Waals surface area contributed by atoms with Crippen molar-refractivity contribution in [3.05, 3.63) is 0 Å². The van der Waals surface area contributed by atoms with Crippen molar-refractivity contribution < 1.29 is 44.9 Å². The molecule has 0 saturated carbocycles. The summed E-state index contributed by atoms with van der Waals surface area (Å²) in [6, 6.07) is 0. The first-order valence-electron chi connectivity index (χ1n) is 15.2. The lowest BCUT2D eigenvalue weighted by Crippen LogP contribution is -2.64. The average Bonchev–Trinajstić information content (AvgIpc) is 3.77. The smallest absolute Gasteiger partial charge is 0.294 e. The van der Waals surface area contributed by atoms with Crippen LogP contribution in [0.25, 0.3) is 0 Å². The third-order valence-corrected chi connectivity index (χ3v) is 8.12. The highest BCUT2D eigenvalue weighted by atomic mass is 16.3. The van der Waals surface area contributed by atoms with Crippen molar-refractivity contribution >= 4 is 23.5 Å². The van der Waals surface area contributed by atoms with Gasteiger partial charge in [-0.2, -0.15) is 10.2 Å². The van der Waals surface area contributed by atoms with E-state index in [-0.39, 0.29) is 6.54 Å². The molecule has 2 aliphatic heterocycles. The van der Waals surface area contributed by atoms with E-state index in [1.165, 1.54) is 32.4 Å². The summed E-state index contributed by atoms with van der Waals surface area (Å²) < 4.78 is 1.32. The minimum Gasteiger partial charge on any atom is -0.394 e. The molecule has 0 aromatic heterocycles. The van der Waals surface area contributed by atoms with E-state index < -0.39 is 84.7 Å². The standard InChI is InChI=1S/C28H52N10O8/c1-23(2,19-29-8-9-30-19)35-36-26(7,20-31-10-11-32-20)12-38(25(5,6)22(46)34-28(16-42,17-43)18-44)37-24(3,4)21(45)33-27(13-39,14-40)15-41/h39-44H,8-18H2,1-7H3,(H3-,29,30,31,32,33,34,45,46)/p+1. The molecule has 0 saturated heterocycles. The Morgan fingerprint density at radius 3 is 1.57 bits per heavy atom. The summed E-state index contributed by atoms with van der Waals surface area (Å²) in [6.45, 7) is 8.84. The summed E-state index contributed by atoms with van der Waals surface area (Å²) >= 11 is 0. The highest BCUT2D eigenvalue weighted by Gasteiger charge is 2.52. The van der Waals surface area contributed by atoms with E-state index in [9.17, 15) is 40.2 Å². The monoisotopic (exact) mass is 657 g/mol.